The highest BCUT2D eigenvalue weighted by atomic mass is 79.9. The zero-order valence-corrected chi connectivity index (χ0v) is 13.8. The lowest BCUT2D eigenvalue weighted by atomic mass is 10.2. The predicted molar refractivity (Wildman–Crippen MR) is 86.5 cm³/mol. The molecule has 1 N–H and O–H groups in total. The van der Waals surface area contributed by atoms with Crippen LogP contribution in [0.15, 0.2) is 40.2 Å². The van der Waals surface area contributed by atoms with Crippen LogP contribution in [-0.2, 0) is 13.1 Å². The Labute approximate surface area is 131 Å². The molecule has 0 spiro atoms. The quantitative estimate of drug-likeness (QED) is 0.757. The molecule has 0 saturated carbocycles. The number of nitrogens with one attached hydrogen (secondary N) is 1. The molecule has 1 heterocycles. The van der Waals surface area contributed by atoms with Gasteiger partial charge in [-0.15, -0.1) is 11.3 Å². The third-order valence-corrected chi connectivity index (χ3v) is 4.63. The third kappa shape index (κ3) is 5.32. The second kappa shape index (κ2) is 7.88. The Balaban J connectivity index is 1.66. The van der Waals surface area contributed by atoms with Crippen LogP contribution in [0.1, 0.15) is 10.4 Å². The van der Waals surface area contributed by atoms with Crippen LogP contribution in [0.4, 0.5) is 4.39 Å². The van der Waals surface area contributed by atoms with Gasteiger partial charge in [0, 0.05) is 40.9 Å². The van der Waals surface area contributed by atoms with Crippen LogP contribution in [0.25, 0.3) is 0 Å². The molecule has 108 valence electrons. The minimum absolute atomic E-state index is 0.169. The Morgan fingerprint density at radius 1 is 1.35 bits per heavy atom. The van der Waals surface area contributed by atoms with Crippen LogP contribution in [-0.4, -0.2) is 25.0 Å². The number of halogens is 2. The summed E-state index contributed by atoms with van der Waals surface area (Å²) >= 11 is 5.20. The topological polar surface area (TPSA) is 15.3 Å². The lowest BCUT2D eigenvalue weighted by molar-refractivity contribution is 0.324. The van der Waals surface area contributed by atoms with Gasteiger partial charge in [0.1, 0.15) is 5.82 Å². The number of rotatable bonds is 7. The highest BCUT2D eigenvalue weighted by Crippen LogP contribution is 2.19. The summed E-state index contributed by atoms with van der Waals surface area (Å²) in [7, 11) is 2.05. The average Bonchev–Trinajstić information content (AvgIpc) is 2.80. The lowest BCUT2D eigenvalue weighted by Crippen LogP contribution is -2.28. The second-order valence-electron chi connectivity index (χ2n) is 4.78. The van der Waals surface area contributed by atoms with Gasteiger partial charge >= 0.3 is 0 Å². The van der Waals surface area contributed by atoms with E-state index in [9.17, 15) is 4.39 Å². The molecule has 0 saturated heterocycles. The van der Waals surface area contributed by atoms with Gasteiger partial charge in [0.2, 0.25) is 0 Å². The molecule has 2 aromatic rings. The monoisotopic (exact) mass is 356 g/mol. The van der Waals surface area contributed by atoms with Gasteiger partial charge in [-0.05, 0) is 46.7 Å². The van der Waals surface area contributed by atoms with E-state index in [1.54, 1.807) is 23.5 Å². The Morgan fingerprint density at radius 2 is 2.20 bits per heavy atom. The minimum atomic E-state index is -0.169. The molecule has 1 aromatic carbocycles. The van der Waals surface area contributed by atoms with E-state index in [1.807, 2.05) is 13.1 Å². The van der Waals surface area contributed by atoms with E-state index in [1.165, 1.54) is 10.9 Å². The smallest absolute Gasteiger partial charge is 0.123 e. The van der Waals surface area contributed by atoms with Crippen LogP contribution in [0.3, 0.4) is 0 Å². The van der Waals surface area contributed by atoms with E-state index >= 15 is 0 Å². The van der Waals surface area contributed by atoms with Crippen LogP contribution in [0.2, 0.25) is 0 Å². The van der Waals surface area contributed by atoms with Gasteiger partial charge in [0.05, 0.1) is 0 Å². The molecule has 20 heavy (non-hydrogen) atoms. The molecule has 2 rings (SSSR count). The Bertz CT molecular complexity index is 544. The van der Waals surface area contributed by atoms with E-state index in [-0.39, 0.29) is 5.82 Å². The van der Waals surface area contributed by atoms with E-state index in [4.69, 9.17) is 0 Å². The Morgan fingerprint density at radius 3 is 2.90 bits per heavy atom. The standard InChI is InChI=1S/C15H18BrFN2S/c1-19(10-12-3-2-4-14(17)7-12)6-5-18-9-15-8-13(16)11-20-15/h2-4,7-8,11,18H,5-6,9-10H2,1H3. The first kappa shape index (κ1) is 15.6. The van der Waals surface area contributed by atoms with Crippen molar-refractivity contribution < 1.29 is 4.39 Å². The van der Waals surface area contributed by atoms with Gasteiger partial charge in [-0.2, -0.15) is 0 Å². The summed E-state index contributed by atoms with van der Waals surface area (Å²) in [6.45, 7) is 3.51. The molecule has 0 aliphatic carbocycles. The third-order valence-electron chi connectivity index (χ3n) is 2.93. The molecule has 1 aromatic heterocycles. The molecule has 0 aliphatic heterocycles. The molecular weight excluding hydrogens is 339 g/mol. The summed E-state index contributed by atoms with van der Waals surface area (Å²) in [5.74, 6) is -0.169. The van der Waals surface area contributed by atoms with E-state index in [2.05, 4.69) is 37.6 Å². The second-order valence-corrected chi connectivity index (χ2v) is 6.69. The average molecular weight is 357 g/mol. The van der Waals surface area contributed by atoms with Crippen molar-refractivity contribution in [2.45, 2.75) is 13.1 Å². The highest BCUT2D eigenvalue weighted by Gasteiger charge is 2.02. The molecule has 0 radical (unpaired) electrons. The number of likely N-dealkylation sites (N-methyl/N-ethyl adjacent to an activating group) is 1. The zero-order valence-electron chi connectivity index (χ0n) is 11.4. The van der Waals surface area contributed by atoms with E-state index in [0.717, 1.165) is 36.2 Å². The molecular formula is C15H18BrFN2S. The van der Waals surface area contributed by atoms with Gasteiger partial charge in [-0.3, -0.25) is 0 Å². The maximum Gasteiger partial charge on any atom is 0.123 e. The molecule has 0 fully saturated rings. The van der Waals surface area contributed by atoms with Gasteiger partial charge in [0.25, 0.3) is 0 Å². The fourth-order valence-corrected chi connectivity index (χ4v) is 3.37. The first-order chi connectivity index (χ1) is 9.63. The molecule has 5 heteroatoms. The van der Waals surface area contributed by atoms with Crippen molar-refractivity contribution in [2.75, 3.05) is 20.1 Å². The minimum Gasteiger partial charge on any atom is -0.311 e. The maximum absolute atomic E-state index is 13.1. The van der Waals surface area contributed by atoms with Crippen molar-refractivity contribution in [1.29, 1.82) is 0 Å². The fraction of sp³-hybridized carbons (Fsp3) is 0.333. The molecule has 0 unspecified atom stereocenters. The summed E-state index contributed by atoms with van der Waals surface area (Å²) < 4.78 is 14.2. The molecule has 0 atom stereocenters. The van der Waals surface area contributed by atoms with Crippen LogP contribution >= 0.6 is 27.3 Å². The molecule has 0 aliphatic rings. The normalized spacial score (nSPS) is 11.2. The largest absolute Gasteiger partial charge is 0.311 e. The van der Waals surface area contributed by atoms with Crippen LogP contribution < -0.4 is 5.32 Å². The zero-order chi connectivity index (χ0) is 14.4. The van der Waals surface area contributed by atoms with Crippen molar-refractivity contribution >= 4 is 27.3 Å². The van der Waals surface area contributed by atoms with Gasteiger partial charge in [-0.25, -0.2) is 4.39 Å². The number of benzene rings is 1. The Hall–Kier alpha value is -0.750. The first-order valence-electron chi connectivity index (χ1n) is 6.50. The van der Waals surface area contributed by atoms with E-state index < -0.39 is 0 Å². The summed E-state index contributed by atoms with van der Waals surface area (Å²) in [4.78, 5) is 3.51. The lowest BCUT2D eigenvalue weighted by Gasteiger charge is -2.17. The predicted octanol–water partition coefficient (Wildman–Crippen LogP) is 3.87. The van der Waals surface area contributed by atoms with Crippen molar-refractivity contribution in [3.63, 3.8) is 0 Å². The van der Waals surface area contributed by atoms with Gasteiger partial charge in [-0.1, -0.05) is 12.1 Å². The maximum atomic E-state index is 13.1. The van der Waals surface area contributed by atoms with Gasteiger partial charge < -0.3 is 10.2 Å². The summed E-state index contributed by atoms with van der Waals surface area (Å²) in [5, 5.41) is 5.51. The van der Waals surface area contributed by atoms with Gasteiger partial charge in [0.15, 0.2) is 0 Å². The highest BCUT2D eigenvalue weighted by molar-refractivity contribution is 9.10. The summed E-state index contributed by atoms with van der Waals surface area (Å²) in [5.41, 5.74) is 1.01. The Kier molecular flexibility index (Phi) is 6.16. The first-order valence-corrected chi connectivity index (χ1v) is 8.17. The number of hydrogen-bond acceptors (Lipinski definition) is 3. The molecule has 0 bridgehead atoms. The summed E-state index contributed by atoms with van der Waals surface area (Å²) in [6.07, 6.45) is 0. The fourth-order valence-electron chi connectivity index (χ4n) is 1.95. The molecule has 2 nitrogen and oxygen atoms in total. The number of hydrogen-bond donors (Lipinski definition) is 1. The van der Waals surface area contributed by atoms with Crippen LogP contribution in [0, 0.1) is 5.82 Å². The van der Waals surface area contributed by atoms with Crippen molar-refractivity contribution in [3.05, 3.63) is 56.4 Å². The summed E-state index contributed by atoms with van der Waals surface area (Å²) in [6, 6.07) is 8.91. The van der Waals surface area contributed by atoms with Crippen molar-refractivity contribution in [1.82, 2.24) is 10.2 Å². The van der Waals surface area contributed by atoms with Crippen molar-refractivity contribution in [2.24, 2.45) is 0 Å². The SMILES string of the molecule is CN(CCNCc1cc(Br)cs1)Cc1cccc(F)c1. The van der Waals surface area contributed by atoms with Crippen LogP contribution in [0.5, 0.6) is 0 Å². The number of thiophene rings is 1. The number of nitrogens with zero attached hydrogens (tertiary/aromatic N) is 1. The molecule has 0 amide bonds. The van der Waals surface area contributed by atoms with Crippen molar-refractivity contribution in [3.8, 4) is 0 Å². The van der Waals surface area contributed by atoms with E-state index in [0.29, 0.717) is 0 Å².